The zero-order valence-electron chi connectivity index (χ0n) is 19.0. The maximum Gasteiger partial charge on any atom is 0.195 e. The first-order valence-corrected chi connectivity index (χ1v) is 12.7. The summed E-state index contributed by atoms with van der Waals surface area (Å²) in [6.45, 7) is 3.27. The first-order chi connectivity index (χ1) is 16.5. The monoisotopic (exact) mass is 482 g/mol. The van der Waals surface area contributed by atoms with Crippen molar-refractivity contribution in [1.82, 2.24) is 14.3 Å². The van der Waals surface area contributed by atoms with E-state index in [1.807, 2.05) is 22.6 Å². The molecule has 4 aromatic rings. The van der Waals surface area contributed by atoms with Gasteiger partial charge in [0.1, 0.15) is 11.6 Å². The molecule has 2 N–H and O–H groups in total. The zero-order valence-corrected chi connectivity index (χ0v) is 19.8. The molecule has 2 aromatic heterocycles. The van der Waals surface area contributed by atoms with E-state index >= 15 is 0 Å². The van der Waals surface area contributed by atoms with Crippen LogP contribution in [0.25, 0.3) is 26.4 Å². The van der Waals surface area contributed by atoms with Crippen molar-refractivity contribution in [2.24, 2.45) is 5.73 Å². The first kappa shape index (κ1) is 23.1. The van der Waals surface area contributed by atoms with Crippen molar-refractivity contribution in [3.63, 3.8) is 0 Å². The van der Waals surface area contributed by atoms with E-state index in [0.29, 0.717) is 22.6 Å². The van der Waals surface area contributed by atoms with Crippen LogP contribution in [-0.4, -0.2) is 39.7 Å². The van der Waals surface area contributed by atoms with Gasteiger partial charge in [0.15, 0.2) is 10.7 Å². The Labute approximate surface area is 201 Å². The number of hydrogen-bond donors (Lipinski definition) is 1. The normalized spacial score (nSPS) is 14.9. The van der Waals surface area contributed by atoms with Gasteiger partial charge >= 0.3 is 0 Å². The number of fused-ring (bicyclic) bond motifs is 3. The van der Waals surface area contributed by atoms with Crippen molar-refractivity contribution in [2.75, 3.05) is 19.6 Å². The molecule has 0 spiro atoms. The highest BCUT2D eigenvalue weighted by atomic mass is 32.1. The van der Waals surface area contributed by atoms with Crippen LogP contribution >= 0.6 is 11.3 Å². The van der Waals surface area contributed by atoms with E-state index in [1.165, 1.54) is 55.8 Å². The lowest BCUT2D eigenvalue weighted by molar-refractivity contribution is 0.0977. The van der Waals surface area contributed by atoms with Gasteiger partial charge in [-0.3, -0.25) is 9.20 Å². The summed E-state index contributed by atoms with van der Waals surface area (Å²) in [5.74, 6) is -1.17. The second-order valence-corrected chi connectivity index (χ2v) is 9.98. The maximum absolute atomic E-state index is 14.2. The van der Waals surface area contributed by atoms with Gasteiger partial charge in [-0.25, -0.2) is 13.8 Å². The summed E-state index contributed by atoms with van der Waals surface area (Å²) in [6, 6.07) is 8.24. The smallest absolute Gasteiger partial charge is 0.195 e. The Morgan fingerprint density at radius 3 is 2.56 bits per heavy atom. The van der Waals surface area contributed by atoms with Crippen molar-refractivity contribution in [2.45, 2.75) is 45.1 Å². The van der Waals surface area contributed by atoms with Gasteiger partial charge in [0, 0.05) is 35.9 Å². The molecule has 3 heterocycles. The van der Waals surface area contributed by atoms with E-state index in [9.17, 15) is 13.6 Å². The highest BCUT2D eigenvalue weighted by Gasteiger charge is 2.16. The summed E-state index contributed by atoms with van der Waals surface area (Å²) >= 11 is 1.46. The first-order valence-electron chi connectivity index (χ1n) is 11.9. The average molecular weight is 483 g/mol. The Hall–Kier alpha value is -2.68. The van der Waals surface area contributed by atoms with Gasteiger partial charge in [-0.05, 0) is 75.6 Å². The minimum atomic E-state index is -0.669. The number of thiazole rings is 1. The van der Waals surface area contributed by atoms with Gasteiger partial charge < -0.3 is 10.6 Å². The van der Waals surface area contributed by atoms with E-state index in [0.717, 1.165) is 35.2 Å². The molecule has 34 heavy (non-hydrogen) atoms. The molecule has 2 aromatic carbocycles. The van der Waals surface area contributed by atoms with Crippen molar-refractivity contribution < 1.29 is 13.6 Å². The molecule has 1 fully saturated rings. The lowest BCUT2D eigenvalue weighted by atomic mass is 10.0. The standard InChI is InChI=1S/C26H28F2N4OS/c27-20-12-18(13-21(28)19(20)15-29)22-16-32-23-8-7-17(14-25(23)34-26(32)30-22)24(33)6-2-5-11-31-9-3-1-4-10-31/h7-8,12-14,16H,1-6,9-11,15,29H2. The molecule has 1 aliphatic rings. The Kier molecular flexibility index (Phi) is 6.72. The lowest BCUT2D eigenvalue weighted by Gasteiger charge is -2.26. The van der Waals surface area contributed by atoms with E-state index in [-0.39, 0.29) is 17.9 Å². The Balaban J connectivity index is 1.29. The molecule has 0 atom stereocenters. The van der Waals surface area contributed by atoms with Crippen LogP contribution in [0.2, 0.25) is 0 Å². The molecule has 0 saturated carbocycles. The van der Waals surface area contributed by atoms with Crippen molar-refractivity contribution >= 4 is 32.3 Å². The molecule has 1 saturated heterocycles. The Bertz CT molecular complexity index is 1320. The van der Waals surface area contributed by atoms with Crippen LogP contribution in [0, 0.1) is 11.6 Å². The molecule has 5 rings (SSSR count). The number of carbonyl (C=O) groups excluding carboxylic acids is 1. The predicted octanol–water partition coefficient (Wildman–Crippen LogP) is 5.79. The molecule has 8 heteroatoms. The highest BCUT2D eigenvalue weighted by Crippen LogP contribution is 2.31. The number of aromatic nitrogens is 2. The number of rotatable bonds is 8. The van der Waals surface area contributed by atoms with Gasteiger partial charge in [-0.1, -0.05) is 17.8 Å². The summed E-state index contributed by atoms with van der Waals surface area (Å²) in [5.41, 5.74) is 7.79. The van der Waals surface area contributed by atoms with E-state index in [4.69, 9.17) is 5.73 Å². The summed E-state index contributed by atoms with van der Waals surface area (Å²) in [4.78, 5) is 20.5. The van der Waals surface area contributed by atoms with Gasteiger partial charge in [0.05, 0.1) is 15.9 Å². The number of carbonyl (C=O) groups is 1. The van der Waals surface area contributed by atoms with Crippen LogP contribution in [0.3, 0.4) is 0 Å². The number of piperidine rings is 1. The van der Waals surface area contributed by atoms with Gasteiger partial charge in [0.2, 0.25) is 0 Å². The van der Waals surface area contributed by atoms with Crippen molar-refractivity contribution in [1.29, 1.82) is 0 Å². The maximum atomic E-state index is 14.2. The molecular formula is C26H28F2N4OS. The summed E-state index contributed by atoms with van der Waals surface area (Å²) < 4.78 is 31.2. The third-order valence-electron chi connectivity index (χ3n) is 6.63. The largest absolute Gasteiger partial charge is 0.326 e. The molecule has 0 radical (unpaired) electrons. The Morgan fingerprint density at radius 2 is 1.82 bits per heavy atom. The summed E-state index contributed by atoms with van der Waals surface area (Å²) in [7, 11) is 0. The number of unbranched alkanes of at least 4 members (excludes halogenated alkanes) is 1. The molecule has 5 nitrogen and oxygen atoms in total. The highest BCUT2D eigenvalue weighted by molar-refractivity contribution is 7.23. The van der Waals surface area contributed by atoms with E-state index in [2.05, 4.69) is 9.88 Å². The number of nitrogens with two attached hydrogens (primary N) is 1. The molecule has 0 unspecified atom stereocenters. The number of Topliss-reactive ketones (excluding diaryl/α,β-unsaturated/α-hetero) is 1. The fourth-order valence-corrected chi connectivity index (χ4v) is 5.75. The predicted molar refractivity (Wildman–Crippen MR) is 132 cm³/mol. The third kappa shape index (κ3) is 4.62. The molecule has 178 valence electrons. The molecule has 0 aliphatic carbocycles. The second-order valence-electron chi connectivity index (χ2n) is 8.97. The second kappa shape index (κ2) is 9.90. The third-order valence-corrected chi connectivity index (χ3v) is 7.65. The number of likely N-dealkylation sites (tertiary alicyclic amines) is 1. The minimum absolute atomic E-state index is 0.126. The van der Waals surface area contributed by atoms with Gasteiger partial charge in [0.25, 0.3) is 0 Å². The van der Waals surface area contributed by atoms with Crippen molar-refractivity contribution in [3.05, 3.63) is 59.3 Å². The zero-order chi connectivity index (χ0) is 23.7. The summed E-state index contributed by atoms with van der Waals surface area (Å²) in [6.07, 6.45) is 8.20. The van der Waals surface area contributed by atoms with Crippen LogP contribution in [0.5, 0.6) is 0 Å². The quantitative estimate of drug-likeness (QED) is 0.255. The van der Waals surface area contributed by atoms with E-state index in [1.54, 1.807) is 6.20 Å². The molecule has 0 amide bonds. The SMILES string of the molecule is NCc1c(F)cc(-c2cn3c(n2)sc2cc(C(=O)CCCCN4CCCCC4)ccc23)cc1F. The molecule has 1 aliphatic heterocycles. The number of halogens is 2. The summed E-state index contributed by atoms with van der Waals surface area (Å²) in [5, 5.41) is 0. The average Bonchev–Trinajstić information content (AvgIpc) is 3.40. The van der Waals surface area contributed by atoms with Crippen LogP contribution in [-0.2, 0) is 6.54 Å². The van der Waals surface area contributed by atoms with Crippen LogP contribution in [0.4, 0.5) is 8.78 Å². The van der Waals surface area contributed by atoms with Crippen molar-refractivity contribution in [3.8, 4) is 11.3 Å². The topological polar surface area (TPSA) is 63.6 Å². The lowest BCUT2D eigenvalue weighted by Crippen LogP contribution is -2.30. The number of imidazole rings is 1. The number of nitrogens with zero attached hydrogens (tertiary/aromatic N) is 3. The number of benzene rings is 2. The van der Waals surface area contributed by atoms with Crippen LogP contribution in [0.1, 0.15) is 54.4 Å². The fraction of sp³-hybridized carbons (Fsp3) is 0.385. The van der Waals surface area contributed by atoms with Gasteiger partial charge in [-0.2, -0.15) is 0 Å². The minimum Gasteiger partial charge on any atom is -0.326 e. The Morgan fingerprint density at radius 1 is 1.06 bits per heavy atom. The van der Waals surface area contributed by atoms with Crippen LogP contribution < -0.4 is 5.73 Å². The number of ketones is 1. The molecular weight excluding hydrogens is 454 g/mol. The number of hydrogen-bond acceptors (Lipinski definition) is 5. The molecule has 0 bridgehead atoms. The van der Waals surface area contributed by atoms with E-state index < -0.39 is 11.6 Å². The fourth-order valence-electron chi connectivity index (χ4n) is 4.71. The van der Waals surface area contributed by atoms with Gasteiger partial charge in [-0.15, -0.1) is 0 Å². The van der Waals surface area contributed by atoms with Crippen LogP contribution in [0.15, 0.2) is 36.5 Å².